The molecule has 9 heteroatoms. The van der Waals surface area contributed by atoms with Crippen molar-refractivity contribution in [1.29, 1.82) is 0 Å². The summed E-state index contributed by atoms with van der Waals surface area (Å²) in [7, 11) is 0. The lowest BCUT2D eigenvalue weighted by Crippen LogP contribution is -2.60. The summed E-state index contributed by atoms with van der Waals surface area (Å²) in [5.74, 6) is 3.30. The summed E-state index contributed by atoms with van der Waals surface area (Å²) < 4.78 is 6.11. The van der Waals surface area contributed by atoms with Crippen molar-refractivity contribution in [2.45, 2.75) is 26.5 Å². The molecule has 4 amide bonds. The molecule has 7 nitrogen and oxygen atoms in total. The molecule has 0 bridgehead atoms. The summed E-state index contributed by atoms with van der Waals surface area (Å²) in [4.78, 5) is 43.6. The summed E-state index contributed by atoms with van der Waals surface area (Å²) in [6.45, 7) is 8.01. The zero-order valence-corrected chi connectivity index (χ0v) is 19.5. The minimum absolute atomic E-state index is 0.143. The first-order valence-corrected chi connectivity index (χ1v) is 12.5. The molecule has 0 spiro atoms. The Bertz CT molecular complexity index is 845. The molecule has 2 heterocycles. The predicted octanol–water partition coefficient (Wildman–Crippen LogP) is 3.24. The molecular weight excluding hydrogens is 434 g/mol. The average molecular weight is 462 g/mol. The van der Waals surface area contributed by atoms with Gasteiger partial charge >= 0.3 is 6.03 Å². The number of barbiturate groups is 1. The van der Waals surface area contributed by atoms with Gasteiger partial charge in [0.2, 0.25) is 0 Å². The van der Waals surface area contributed by atoms with Crippen LogP contribution in [0.1, 0.15) is 19.4 Å². The number of nitrogens with zero attached hydrogens (tertiary/aromatic N) is 3. The van der Waals surface area contributed by atoms with Crippen LogP contribution in [-0.2, 0) is 16.1 Å². The van der Waals surface area contributed by atoms with Crippen molar-refractivity contribution in [2.75, 3.05) is 36.1 Å². The predicted molar refractivity (Wildman–Crippen MR) is 126 cm³/mol. The van der Waals surface area contributed by atoms with Gasteiger partial charge in [0, 0.05) is 36.1 Å². The fourth-order valence-electron chi connectivity index (χ4n) is 3.22. The van der Waals surface area contributed by atoms with Crippen LogP contribution in [0.3, 0.4) is 0 Å². The third-order valence-electron chi connectivity index (χ3n) is 4.86. The molecule has 0 aliphatic carbocycles. The lowest BCUT2D eigenvalue weighted by atomic mass is 10.2. The number of imide groups is 2. The van der Waals surface area contributed by atoms with Crippen LogP contribution < -0.4 is 4.74 Å². The number of benzene rings is 1. The van der Waals surface area contributed by atoms with Gasteiger partial charge in [-0.3, -0.25) is 24.4 Å². The van der Waals surface area contributed by atoms with Crippen LogP contribution >= 0.6 is 23.5 Å². The molecule has 0 N–H and O–H groups in total. The highest BCUT2D eigenvalue weighted by Crippen LogP contribution is 2.23. The molecule has 3 rings (SSSR count). The van der Waals surface area contributed by atoms with Gasteiger partial charge in [0.15, 0.2) is 5.71 Å². The SMILES string of the molecule is C=C1CSCC(Oc2ccc(CN=C3C(=O)N(CC)C(=O)N(CC)C3=O)cc2)CSC1. The molecule has 2 fully saturated rings. The Morgan fingerprint density at radius 2 is 1.55 bits per heavy atom. The zero-order chi connectivity index (χ0) is 22.4. The van der Waals surface area contributed by atoms with Crippen molar-refractivity contribution in [3.63, 3.8) is 0 Å². The lowest BCUT2D eigenvalue weighted by molar-refractivity contribution is -0.130. The van der Waals surface area contributed by atoms with Crippen LogP contribution in [-0.4, -0.2) is 75.6 Å². The van der Waals surface area contributed by atoms with Crippen molar-refractivity contribution in [1.82, 2.24) is 9.80 Å². The second-order valence-electron chi connectivity index (χ2n) is 7.21. The molecular formula is C22H27N3O4S2. The Kier molecular flexibility index (Phi) is 8.20. The van der Waals surface area contributed by atoms with Crippen LogP contribution in [0.15, 0.2) is 41.4 Å². The summed E-state index contributed by atoms with van der Waals surface area (Å²) in [6, 6.07) is 6.93. The summed E-state index contributed by atoms with van der Waals surface area (Å²) >= 11 is 3.69. The topological polar surface area (TPSA) is 79.3 Å². The van der Waals surface area contributed by atoms with Crippen molar-refractivity contribution in [3.8, 4) is 5.75 Å². The van der Waals surface area contributed by atoms with Crippen LogP contribution in [0.5, 0.6) is 5.75 Å². The second-order valence-corrected chi connectivity index (χ2v) is 9.27. The molecule has 166 valence electrons. The molecule has 0 radical (unpaired) electrons. The fourth-order valence-corrected chi connectivity index (χ4v) is 5.42. The van der Waals surface area contributed by atoms with E-state index in [0.29, 0.717) is 0 Å². The maximum atomic E-state index is 12.5. The second kappa shape index (κ2) is 10.9. The molecule has 2 saturated heterocycles. The molecule has 1 aromatic rings. The number of rotatable bonds is 6. The van der Waals surface area contributed by atoms with Crippen LogP contribution in [0.4, 0.5) is 4.79 Å². The van der Waals surface area contributed by atoms with E-state index >= 15 is 0 Å². The Labute approximate surface area is 191 Å². The van der Waals surface area contributed by atoms with E-state index in [1.807, 2.05) is 47.8 Å². The number of amides is 4. The number of carbonyl (C=O) groups excluding carboxylic acids is 3. The van der Waals surface area contributed by atoms with Crippen molar-refractivity contribution >= 4 is 47.1 Å². The summed E-state index contributed by atoms with van der Waals surface area (Å²) in [5, 5.41) is 0. The first kappa shape index (κ1) is 23.4. The highest BCUT2D eigenvalue weighted by atomic mass is 32.2. The molecule has 2 aliphatic heterocycles. The third-order valence-corrected chi connectivity index (χ3v) is 7.30. The van der Waals surface area contributed by atoms with Gasteiger partial charge in [-0.25, -0.2) is 4.79 Å². The van der Waals surface area contributed by atoms with Crippen molar-refractivity contribution < 1.29 is 19.1 Å². The maximum absolute atomic E-state index is 12.5. The number of urea groups is 1. The zero-order valence-electron chi connectivity index (χ0n) is 17.8. The van der Waals surface area contributed by atoms with E-state index in [1.165, 1.54) is 5.57 Å². The highest BCUT2D eigenvalue weighted by Gasteiger charge is 2.41. The minimum atomic E-state index is -0.635. The van der Waals surface area contributed by atoms with E-state index in [9.17, 15) is 14.4 Å². The quantitative estimate of drug-likeness (QED) is 0.605. The first-order chi connectivity index (χ1) is 14.9. The van der Waals surface area contributed by atoms with E-state index in [2.05, 4.69) is 11.6 Å². The van der Waals surface area contributed by atoms with E-state index in [-0.39, 0.29) is 31.4 Å². The van der Waals surface area contributed by atoms with Crippen LogP contribution in [0.2, 0.25) is 0 Å². The number of hydrogen-bond acceptors (Lipinski definition) is 7. The minimum Gasteiger partial charge on any atom is -0.489 e. The molecule has 2 aliphatic rings. The summed E-state index contributed by atoms with van der Waals surface area (Å²) in [6.07, 6.45) is 0.143. The smallest absolute Gasteiger partial charge is 0.334 e. The Morgan fingerprint density at radius 1 is 1.00 bits per heavy atom. The standard InChI is InChI=1S/C22H27N3O4S2/c1-4-24-20(26)19(21(27)25(5-2)22(24)28)23-10-16-6-8-17(9-7-16)29-18-13-30-11-15(3)12-31-14-18/h6-9,18H,3-5,10-14H2,1-2H3. The van der Waals surface area contributed by atoms with Gasteiger partial charge in [-0.15, -0.1) is 0 Å². The van der Waals surface area contributed by atoms with Gasteiger partial charge in [-0.2, -0.15) is 23.5 Å². The van der Waals surface area contributed by atoms with Gasteiger partial charge in [0.25, 0.3) is 11.8 Å². The molecule has 31 heavy (non-hydrogen) atoms. The van der Waals surface area contributed by atoms with Crippen molar-refractivity contribution in [2.24, 2.45) is 4.99 Å². The molecule has 1 aromatic carbocycles. The average Bonchev–Trinajstić information content (AvgIpc) is 2.73. The number of ether oxygens (including phenoxy) is 1. The normalized spacial score (nSPS) is 18.8. The van der Waals surface area contributed by atoms with Crippen LogP contribution in [0, 0.1) is 0 Å². The van der Waals surface area contributed by atoms with Gasteiger partial charge in [-0.1, -0.05) is 24.3 Å². The van der Waals surface area contributed by atoms with E-state index in [1.54, 1.807) is 13.8 Å². The van der Waals surface area contributed by atoms with E-state index < -0.39 is 17.8 Å². The van der Waals surface area contributed by atoms with Gasteiger partial charge in [0.1, 0.15) is 11.9 Å². The number of hydrogen-bond donors (Lipinski definition) is 0. The van der Waals surface area contributed by atoms with E-state index in [4.69, 9.17) is 4.74 Å². The van der Waals surface area contributed by atoms with Gasteiger partial charge in [-0.05, 0) is 31.5 Å². The monoisotopic (exact) mass is 461 g/mol. The first-order valence-electron chi connectivity index (χ1n) is 10.2. The molecule has 0 atom stereocenters. The summed E-state index contributed by atoms with van der Waals surface area (Å²) in [5.41, 5.74) is 1.91. The van der Waals surface area contributed by atoms with E-state index in [0.717, 1.165) is 44.1 Å². The Hall–Kier alpha value is -2.26. The Balaban J connectivity index is 1.64. The lowest BCUT2D eigenvalue weighted by Gasteiger charge is -2.31. The van der Waals surface area contributed by atoms with Crippen molar-refractivity contribution in [3.05, 3.63) is 42.0 Å². The molecule has 0 unspecified atom stereocenters. The van der Waals surface area contributed by atoms with Crippen LogP contribution in [0.25, 0.3) is 0 Å². The largest absolute Gasteiger partial charge is 0.489 e. The number of carbonyl (C=O) groups is 3. The molecule has 0 aromatic heterocycles. The van der Waals surface area contributed by atoms with Gasteiger partial charge < -0.3 is 4.74 Å². The number of aliphatic imine (C=N–C) groups is 1. The third kappa shape index (κ3) is 5.71. The fraction of sp³-hybridized carbons (Fsp3) is 0.455. The molecule has 0 saturated carbocycles. The maximum Gasteiger partial charge on any atom is 0.334 e. The number of thioether (sulfide) groups is 2. The van der Waals surface area contributed by atoms with Gasteiger partial charge in [0.05, 0.1) is 6.54 Å². The Morgan fingerprint density at radius 3 is 2.06 bits per heavy atom. The highest BCUT2D eigenvalue weighted by molar-refractivity contribution is 8.01.